The Bertz CT molecular complexity index is 527. The van der Waals surface area contributed by atoms with E-state index < -0.39 is 9.05 Å². The summed E-state index contributed by atoms with van der Waals surface area (Å²) in [5, 5.41) is 0. The van der Waals surface area contributed by atoms with Gasteiger partial charge in [0.05, 0.1) is 4.90 Å². The molecule has 100 valence electrons. The predicted molar refractivity (Wildman–Crippen MR) is 68.6 cm³/mol. The summed E-state index contributed by atoms with van der Waals surface area (Å²) in [6, 6.07) is 3.68. The van der Waals surface area contributed by atoms with Crippen LogP contribution in [0.25, 0.3) is 0 Å². The molecule has 0 radical (unpaired) electrons. The molecule has 6 heteroatoms. The first kappa shape index (κ1) is 13.8. The maximum atomic E-state index is 13.6. The number of piperidine rings is 1. The van der Waals surface area contributed by atoms with E-state index in [1.165, 1.54) is 18.6 Å². The van der Waals surface area contributed by atoms with E-state index >= 15 is 0 Å². The van der Waals surface area contributed by atoms with Crippen molar-refractivity contribution < 1.29 is 12.8 Å². The van der Waals surface area contributed by atoms with Gasteiger partial charge in [-0.1, -0.05) is 6.42 Å². The van der Waals surface area contributed by atoms with Crippen molar-refractivity contribution in [2.75, 3.05) is 13.1 Å². The van der Waals surface area contributed by atoms with Crippen LogP contribution in [0.2, 0.25) is 0 Å². The number of hydrogen-bond acceptors (Lipinski definition) is 3. The summed E-state index contributed by atoms with van der Waals surface area (Å²) in [4.78, 5) is 2.09. The van der Waals surface area contributed by atoms with E-state index in [0.717, 1.165) is 32.0 Å². The van der Waals surface area contributed by atoms with Gasteiger partial charge in [0.2, 0.25) is 0 Å². The van der Waals surface area contributed by atoms with Gasteiger partial charge in [-0.3, -0.25) is 4.90 Å². The fraction of sp³-hybridized carbons (Fsp3) is 0.500. The molecule has 0 bridgehead atoms. The lowest BCUT2D eigenvalue weighted by atomic mass is 10.1. The van der Waals surface area contributed by atoms with Crippen molar-refractivity contribution in [3.63, 3.8) is 0 Å². The van der Waals surface area contributed by atoms with Crippen LogP contribution in [0, 0.1) is 5.82 Å². The molecular formula is C12H15ClFNO2S. The fourth-order valence-corrected chi connectivity index (χ4v) is 2.98. The maximum Gasteiger partial charge on any atom is 0.261 e. The highest BCUT2D eigenvalue weighted by atomic mass is 35.7. The molecule has 0 atom stereocenters. The Morgan fingerprint density at radius 2 is 1.89 bits per heavy atom. The van der Waals surface area contributed by atoms with Crippen molar-refractivity contribution in [2.45, 2.75) is 30.7 Å². The van der Waals surface area contributed by atoms with E-state index in [0.29, 0.717) is 12.1 Å². The lowest BCUT2D eigenvalue weighted by Gasteiger charge is -2.26. The predicted octanol–water partition coefficient (Wildman–Crippen LogP) is 2.74. The van der Waals surface area contributed by atoms with E-state index in [9.17, 15) is 12.8 Å². The van der Waals surface area contributed by atoms with Crippen LogP contribution < -0.4 is 0 Å². The molecule has 0 N–H and O–H groups in total. The molecule has 0 aliphatic carbocycles. The number of halogens is 2. The largest absolute Gasteiger partial charge is 0.299 e. The molecule has 1 aromatic rings. The second-order valence-corrected chi connectivity index (χ2v) is 7.09. The molecule has 0 spiro atoms. The summed E-state index contributed by atoms with van der Waals surface area (Å²) in [6.45, 7) is 2.29. The quantitative estimate of drug-likeness (QED) is 0.804. The Labute approximate surface area is 111 Å². The molecule has 0 unspecified atom stereocenters. The zero-order valence-corrected chi connectivity index (χ0v) is 11.5. The minimum Gasteiger partial charge on any atom is -0.299 e. The monoisotopic (exact) mass is 291 g/mol. The third-order valence-corrected chi connectivity index (χ3v) is 4.49. The Morgan fingerprint density at radius 3 is 2.50 bits per heavy atom. The van der Waals surface area contributed by atoms with Crippen LogP contribution in [0.3, 0.4) is 0 Å². The lowest BCUT2D eigenvalue weighted by molar-refractivity contribution is 0.218. The summed E-state index contributed by atoms with van der Waals surface area (Å²) < 4.78 is 36.1. The first-order valence-corrected chi connectivity index (χ1v) is 8.23. The number of hydrogen-bond donors (Lipinski definition) is 0. The molecule has 0 saturated carbocycles. The van der Waals surface area contributed by atoms with Crippen molar-refractivity contribution in [3.05, 3.63) is 29.6 Å². The van der Waals surface area contributed by atoms with Gasteiger partial charge in [0.1, 0.15) is 5.82 Å². The minimum atomic E-state index is -3.80. The van der Waals surface area contributed by atoms with Crippen molar-refractivity contribution in [1.29, 1.82) is 0 Å². The molecule has 1 fully saturated rings. The number of nitrogens with zero attached hydrogens (tertiary/aromatic N) is 1. The van der Waals surface area contributed by atoms with Crippen LogP contribution in [0.5, 0.6) is 0 Å². The summed E-state index contributed by atoms with van der Waals surface area (Å²) >= 11 is 0. The molecule has 1 saturated heterocycles. The highest BCUT2D eigenvalue weighted by molar-refractivity contribution is 8.13. The molecule has 1 heterocycles. The van der Waals surface area contributed by atoms with E-state index in [1.807, 2.05) is 0 Å². The third-order valence-electron chi connectivity index (χ3n) is 3.14. The topological polar surface area (TPSA) is 37.4 Å². The van der Waals surface area contributed by atoms with Crippen LogP contribution in [-0.2, 0) is 15.6 Å². The van der Waals surface area contributed by atoms with Crippen LogP contribution in [-0.4, -0.2) is 26.4 Å². The van der Waals surface area contributed by atoms with Gasteiger partial charge in [-0.25, -0.2) is 12.8 Å². The number of benzene rings is 1. The van der Waals surface area contributed by atoms with Gasteiger partial charge in [0, 0.05) is 22.8 Å². The van der Waals surface area contributed by atoms with Crippen LogP contribution >= 0.6 is 10.7 Å². The lowest BCUT2D eigenvalue weighted by Crippen LogP contribution is -2.29. The average molecular weight is 292 g/mol. The van der Waals surface area contributed by atoms with Crippen molar-refractivity contribution >= 4 is 19.7 Å². The van der Waals surface area contributed by atoms with Gasteiger partial charge in [0.25, 0.3) is 9.05 Å². The van der Waals surface area contributed by atoms with Gasteiger partial charge in [-0.15, -0.1) is 0 Å². The summed E-state index contributed by atoms with van der Waals surface area (Å²) in [5.41, 5.74) is 0.388. The first-order valence-electron chi connectivity index (χ1n) is 5.92. The zero-order valence-electron chi connectivity index (χ0n) is 9.90. The Kier molecular flexibility index (Phi) is 4.25. The molecule has 3 nitrogen and oxygen atoms in total. The van der Waals surface area contributed by atoms with E-state index in [-0.39, 0.29) is 10.7 Å². The third kappa shape index (κ3) is 3.43. The van der Waals surface area contributed by atoms with E-state index in [1.54, 1.807) is 0 Å². The molecule has 2 rings (SSSR count). The molecule has 1 aromatic carbocycles. The normalized spacial score (nSPS) is 17.9. The van der Waals surface area contributed by atoms with Crippen molar-refractivity contribution in [2.24, 2.45) is 0 Å². The van der Waals surface area contributed by atoms with Gasteiger partial charge in [0.15, 0.2) is 0 Å². The smallest absolute Gasteiger partial charge is 0.261 e. The van der Waals surface area contributed by atoms with Gasteiger partial charge >= 0.3 is 0 Å². The number of rotatable bonds is 3. The van der Waals surface area contributed by atoms with Crippen LogP contribution in [0.4, 0.5) is 4.39 Å². The highest BCUT2D eigenvalue weighted by Gasteiger charge is 2.16. The number of likely N-dealkylation sites (tertiary alicyclic amines) is 1. The van der Waals surface area contributed by atoms with Gasteiger partial charge in [-0.2, -0.15) is 0 Å². The first-order chi connectivity index (χ1) is 8.47. The Balaban J connectivity index is 2.21. The van der Waals surface area contributed by atoms with Crippen molar-refractivity contribution in [3.8, 4) is 0 Å². The Morgan fingerprint density at radius 1 is 1.22 bits per heavy atom. The molecule has 1 aliphatic heterocycles. The second-order valence-electron chi connectivity index (χ2n) is 4.53. The minimum absolute atomic E-state index is 0.0439. The van der Waals surface area contributed by atoms with Crippen LogP contribution in [0.15, 0.2) is 23.1 Å². The maximum absolute atomic E-state index is 13.6. The van der Waals surface area contributed by atoms with Crippen LogP contribution in [0.1, 0.15) is 24.8 Å². The van der Waals surface area contributed by atoms with E-state index in [4.69, 9.17) is 10.7 Å². The molecule has 0 aromatic heterocycles. The van der Waals surface area contributed by atoms with Crippen molar-refractivity contribution in [1.82, 2.24) is 4.90 Å². The standard InChI is InChI=1S/C12H15ClFNO2S/c13-18(16,17)11-4-5-12(14)10(8-11)9-15-6-2-1-3-7-15/h4-5,8H,1-3,6-7,9H2. The van der Waals surface area contributed by atoms with Gasteiger partial charge in [-0.05, 0) is 44.1 Å². The van der Waals surface area contributed by atoms with Gasteiger partial charge < -0.3 is 0 Å². The molecular weight excluding hydrogens is 277 g/mol. The van der Waals surface area contributed by atoms with E-state index in [2.05, 4.69) is 4.90 Å². The Hall–Kier alpha value is -0.650. The summed E-state index contributed by atoms with van der Waals surface area (Å²) in [7, 11) is 1.47. The molecule has 18 heavy (non-hydrogen) atoms. The average Bonchev–Trinajstić information content (AvgIpc) is 2.32. The molecule has 1 aliphatic rings. The summed E-state index contributed by atoms with van der Waals surface area (Å²) in [5.74, 6) is -0.385. The highest BCUT2D eigenvalue weighted by Crippen LogP contribution is 2.21. The summed E-state index contributed by atoms with van der Waals surface area (Å²) in [6.07, 6.45) is 3.42. The SMILES string of the molecule is O=S(=O)(Cl)c1ccc(F)c(CN2CCCCC2)c1. The zero-order chi connectivity index (χ0) is 13.2. The second kappa shape index (κ2) is 5.55. The fourth-order valence-electron chi connectivity index (χ4n) is 2.18. The molecule has 0 amide bonds.